The summed E-state index contributed by atoms with van der Waals surface area (Å²) in [7, 11) is 1.47. The van der Waals surface area contributed by atoms with Crippen LogP contribution in [0.25, 0.3) is 6.08 Å². The predicted octanol–water partition coefficient (Wildman–Crippen LogP) is 4.46. The zero-order chi connectivity index (χ0) is 21.5. The number of Topliss-reactive ketones (excluding diaryl/α,β-unsaturated/α-hetero) is 1. The van der Waals surface area contributed by atoms with Crippen LogP contribution in [0.15, 0.2) is 66.4 Å². The van der Waals surface area contributed by atoms with Crippen molar-refractivity contribution in [3.8, 4) is 23.0 Å². The van der Waals surface area contributed by atoms with Crippen LogP contribution in [0.3, 0.4) is 0 Å². The molecule has 6 heteroatoms. The van der Waals surface area contributed by atoms with Crippen molar-refractivity contribution in [3.05, 3.63) is 88.7 Å². The van der Waals surface area contributed by atoms with Crippen LogP contribution >= 0.6 is 0 Å². The number of carbonyl (C=O) groups is 2. The molecule has 31 heavy (non-hydrogen) atoms. The van der Waals surface area contributed by atoms with Gasteiger partial charge in [-0.25, -0.2) is 0 Å². The van der Waals surface area contributed by atoms with Gasteiger partial charge in [0.25, 0.3) is 0 Å². The van der Waals surface area contributed by atoms with E-state index in [1.54, 1.807) is 36.4 Å². The summed E-state index contributed by atoms with van der Waals surface area (Å²) in [6, 6.07) is 17.6. The van der Waals surface area contributed by atoms with Gasteiger partial charge in [-0.15, -0.1) is 0 Å². The quantitative estimate of drug-likeness (QED) is 0.387. The van der Waals surface area contributed by atoms with E-state index in [-0.39, 0.29) is 23.7 Å². The summed E-state index contributed by atoms with van der Waals surface area (Å²) < 4.78 is 16.6. The van der Waals surface area contributed by atoms with Gasteiger partial charge < -0.3 is 19.3 Å². The first-order valence-corrected chi connectivity index (χ1v) is 9.79. The summed E-state index contributed by atoms with van der Waals surface area (Å²) >= 11 is 0. The van der Waals surface area contributed by atoms with Gasteiger partial charge in [-0.05, 0) is 41.5 Å². The van der Waals surface area contributed by atoms with Gasteiger partial charge in [-0.3, -0.25) is 9.59 Å². The Kier molecular flexibility index (Phi) is 4.47. The first kappa shape index (κ1) is 18.9. The van der Waals surface area contributed by atoms with E-state index in [2.05, 4.69) is 0 Å². The minimum atomic E-state index is -0.438. The molecular weight excluding hydrogens is 396 g/mol. The average molecular weight is 414 g/mol. The summed E-state index contributed by atoms with van der Waals surface area (Å²) in [6.45, 7) is 0. The molecule has 0 spiro atoms. The van der Waals surface area contributed by atoms with Gasteiger partial charge in [0, 0.05) is 11.5 Å². The molecule has 2 aliphatic rings. The second-order valence-electron chi connectivity index (χ2n) is 7.37. The molecule has 0 aromatic heterocycles. The Morgan fingerprint density at radius 1 is 1.03 bits per heavy atom. The highest BCUT2D eigenvalue weighted by Gasteiger charge is 2.38. The molecule has 2 aliphatic heterocycles. The highest BCUT2D eigenvalue weighted by atomic mass is 16.5. The molecule has 1 unspecified atom stereocenters. The minimum Gasteiger partial charge on any atom is -0.504 e. The lowest BCUT2D eigenvalue weighted by molar-refractivity contribution is -0.135. The first-order chi connectivity index (χ1) is 15.0. The molecule has 3 aromatic carbocycles. The predicted molar refractivity (Wildman–Crippen MR) is 113 cm³/mol. The number of benzene rings is 3. The zero-order valence-electron chi connectivity index (χ0n) is 16.6. The van der Waals surface area contributed by atoms with Crippen LogP contribution in [0.2, 0.25) is 0 Å². The average Bonchev–Trinajstić information content (AvgIpc) is 3.09. The van der Waals surface area contributed by atoms with Gasteiger partial charge in [0.1, 0.15) is 11.5 Å². The maximum Gasteiger partial charge on any atom is 0.312 e. The summed E-state index contributed by atoms with van der Waals surface area (Å²) in [5, 5.41) is 10.2. The van der Waals surface area contributed by atoms with Crippen LogP contribution in [-0.2, 0) is 4.79 Å². The van der Waals surface area contributed by atoms with Crippen LogP contribution in [-0.4, -0.2) is 24.0 Å². The topological polar surface area (TPSA) is 82.1 Å². The van der Waals surface area contributed by atoms with E-state index in [0.29, 0.717) is 33.9 Å². The smallest absolute Gasteiger partial charge is 0.312 e. The molecule has 0 saturated heterocycles. The standard InChI is InChI=1S/C25H18O6/c1-29-19-9-7-15(12-18(19)26)17-13-22(27)30-20-10-8-16-24(28)21(31-25(16)23(17)20)11-14-5-3-2-4-6-14/h2-12,17,26H,13H2,1H3/b21-11-. The lowest BCUT2D eigenvalue weighted by Crippen LogP contribution is -2.21. The molecular formula is C25H18O6. The van der Waals surface area contributed by atoms with Gasteiger partial charge >= 0.3 is 5.97 Å². The SMILES string of the molecule is COc1ccc(C2CC(=O)Oc3ccc4c(c32)O/C(=C\c2ccccc2)C4=O)cc1O. The third-order valence-corrected chi connectivity index (χ3v) is 5.48. The van der Waals surface area contributed by atoms with Crippen molar-refractivity contribution in [2.75, 3.05) is 7.11 Å². The number of ether oxygens (including phenoxy) is 3. The van der Waals surface area contributed by atoms with E-state index in [4.69, 9.17) is 14.2 Å². The van der Waals surface area contributed by atoms with Crippen molar-refractivity contribution in [2.24, 2.45) is 0 Å². The third kappa shape index (κ3) is 3.22. The number of rotatable bonds is 3. The normalized spacial score (nSPS) is 18.2. The van der Waals surface area contributed by atoms with Crippen LogP contribution in [0.1, 0.15) is 39.4 Å². The monoisotopic (exact) mass is 414 g/mol. The minimum absolute atomic E-state index is 0.0327. The second-order valence-corrected chi connectivity index (χ2v) is 7.37. The summed E-state index contributed by atoms with van der Waals surface area (Å²) in [5.74, 6) is 0.193. The molecule has 154 valence electrons. The molecule has 0 amide bonds. The Morgan fingerprint density at radius 3 is 2.58 bits per heavy atom. The van der Waals surface area contributed by atoms with Crippen LogP contribution < -0.4 is 14.2 Å². The fourth-order valence-corrected chi connectivity index (χ4v) is 4.02. The van der Waals surface area contributed by atoms with Crippen LogP contribution in [0, 0.1) is 0 Å². The number of allylic oxidation sites excluding steroid dienone is 1. The van der Waals surface area contributed by atoms with Crippen molar-refractivity contribution in [1.82, 2.24) is 0 Å². The molecule has 0 aliphatic carbocycles. The van der Waals surface area contributed by atoms with Gasteiger partial charge in [0.15, 0.2) is 17.3 Å². The Morgan fingerprint density at radius 2 is 1.84 bits per heavy atom. The van der Waals surface area contributed by atoms with Gasteiger partial charge in [-0.1, -0.05) is 36.4 Å². The lowest BCUT2D eigenvalue weighted by Gasteiger charge is -2.26. The summed E-state index contributed by atoms with van der Waals surface area (Å²) in [5.41, 5.74) is 2.57. The number of esters is 1. The van der Waals surface area contributed by atoms with Crippen LogP contribution in [0.4, 0.5) is 0 Å². The number of phenolic OH excluding ortho intramolecular Hbond substituents is 1. The number of ketones is 1. The molecule has 2 heterocycles. The number of aromatic hydroxyl groups is 1. The lowest BCUT2D eigenvalue weighted by atomic mass is 9.84. The molecule has 0 fully saturated rings. The maximum absolute atomic E-state index is 13.0. The van der Waals surface area contributed by atoms with Crippen molar-refractivity contribution < 1.29 is 28.9 Å². The van der Waals surface area contributed by atoms with Gasteiger partial charge in [-0.2, -0.15) is 0 Å². The highest BCUT2D eigenvalue weighted by Crippen LogP contribution is 2.49. The van der Waals surface area contributed by atoms with Gasteiger partial charge in [0.05, 0.1) is 19.1 Å². The number of hydrogen-bond acceptors (Lipinski definition) is 6. The van der Waals surface area contributed by atoms with Crippen molar-refractivity contribution in [3.63, 3.8) is 0 Å². The van der Waals surface area contributed by atoms with Crippen LogP contribution in [0.5, 0.6) is 23.0 Å². The molecule has 5 rings (SSSR count). The van der Waals surface area contributed by atoms with E-state index >= 15 is 0 Å². The van der Waals surface area contributed by atoms with Gasteiger partial charge in [0.2, 0.25) is 5.78 Å². The number of methoxy groups -OCH3 is 1. The van der Waals surface area contributed by atoms with E-state index in [1.807, 2.05) is 30.3 Å². The Bertz CT molecular complexity index is 1240. The van der Waals surface area contributed by atoms with E-state index < -0.39 is 11.9 Å². The Hall–Kier alpha value is -4.06. The van der Waals surface area contributed by atoms with Crippen molar-refractivity contribution in [1.29, 1.82) is 0 Å². The molecule has 3 aromatic rings. The second kappa shape index (κ2) is 7.32. The molecule has 0 radical (unpaired) electrons. The molecule has 1 atom stereocenters. The maximum atomic E-state index is 13.0. The third-order valence-electron chi connectivity index (χ3n) is 5.48. The zero-order valence-corrected chi connectivity index (χ0v) is 16.6. The fourth-order valence-electron chi connectivity index (χ4n) is 4.02. The Labute approximate surface area is 178 Å². The molecule has 0 bridgehead atoms. The highest BCUT2D eigenvalue weighted by molar-refractivity contribution is 6.15. The summed E-state index contributed by atoms with van der Waals surface area (Å²) in [4.78, 5) is 25.2. The largest absolute Gasteiger partial charge is 0.504 e. The van der Waals surface area contributed by atoms with E-state index in [1.165, 1.54) is 7.11 Å². The van der Waals surface area contributed by atoms with E-state index in [0.717, 1.165) is 5.56 Å². The number of fused-ring (bicyclic) bond motifs is 3. The number of hydrogen-bond donors (Lipinski definition) is 1. The number of carbonyl (C=O) groups excluding carboxylic acids is 2. The molecule has 0 saturated carbocycles. The summed E-state index contributed by atoms with van der Waals surface area (Å²) in [6.07, 6.45) is 1.75. The first-order valence-electron chi connectivity index (χ1n) is 9.79. The van der Waals surface area contributed by atoms with Crippen molar-refractivity contribution in [2.45, 2.75) is 12.3 Å². The van der Waals surface area contributed by atoms with E-state index in [9.17, 15) is 14.7 Å². The molecule has 6 nitrogen and oxygen atoms in total. The molecule has 1 N–H and O–H groups in total. The van der Waals surface area contributed by atoms with Crippen molar-refractivity contribution >= 4 is 17.8 Å². The Balaban J connectivity index is 1.62. The number of phenols is 1. The fraction of sp³-hybridized carbons (Fsp3) is 0.120.